The molecule has 0 radical (unpaired) electrons. The molecule has 4 amide bonds. The molecule has 0 spiro atoms. The highest BCUT2D eigenvalue weighted by molar-refractivity contribution is 7.92. The summed E-state index contributed by atoms with van der Waals surface area (Å²) in [5.74, 6) is -1.15. The second-order valence-corrected chi connectivity index (χ2v) is 17.1. The number of ether oxygens (including phenoxy) is 1. The summed E-state index contributed by atoms with van der Waals surface area (Å²) in [6.07, 6.45) is 3.55. The Bertz CT molecular complexity index is 2390. The van der Waals surface area contributed by atoms with Gasteiger partial charge in [0.2, 0.25) is 21.8 Å². The summed E-state index contributed by atoms with van der Waals surface area (Å²) in [4.78, 5) is 60.1. The molecule has 0 aliphatic heterocycles. The molecule has 14 nitrogen and oxygen atoms in total. The van der Waals surface area contributed by atoms with E-state index in [4.69, 9.17) is 4.74 Å². The molecular weight excluding hydrogens is 809 g/mol. The van der Waals surface area contributed by atoms with Crippen molar-refractivity contribution in [2.24, 2.45) is 0 Å². The molecule has 4 aromatic carbocycles. The summed E-state index contributed by atoms with van der Waals surface area (Å²) in [7, 11) is -0.938. The molecule has 1 heterocycles. The van der Waals surface area contributed by atoms with Crippen LogP contribution in [0.15, 0.2) is 128 Å². The minimum Gasteiger partial charge on any atom is -0.497 e. The van der Waals surface area contributed by atoms with Gasteiger partial charge in [-0.1, -0.05) is 78.9 Å². The van der Waals surface area contributed by atoms with Gasteiger partial charge in [0.05, 0.1) is 37.2 Å². The molecule has 0 saturated carbocycles. The van der Waals surface area contributed by atoms with Gasteiger partial charge < -0.3 is 30.7 Å². The van der Waals surface area contributed by atoms with Gasteiger partial charge in [-0.2, -0.15) is 0 Å². The fourth-order valence-corrected chi connectivity index (χ4v) is 7.19. The van der Waals surface area contributed by atoms with Crippen LogP contribution in [0.25, 0.3) is 0 Å². The zero-order valence-corrected chi connectivity index (χ0v) is 36.2. The van der Waals surface area contributed by atoms with Crippen molar-refractivity contribution in [2.45, 2.75) is 63.9 Å². The number of hydrogen-bond acceptors (Lipinski definition) is 9. The number of anilines is 1. The lowest BCUT2D eigenvalue weighted by Gasteiger charge is -2.31. The standard InChI is InChI=1S/C47H54N6O8S/c1-33(37-18-9-6-10-19-37)50-46(57)38-26-39(28-40(27-38)52(2)62(4,59)60)47(58)51-42(25-34-14-7-5-8-15-34)43(54)32-53(31-35-16-11-20-41(24-35)61-3)45(56)22-12-21-44(55)49-30-36-17-13-23-48-29-36/h5-11,13-20,23-24,26-29,33,42-43,54H,12,21-22,25,30-32H2,1-4H3,(H,49,55)(H,50,57)(H,51,58). The van der Waals surface area contributed by atoms with Crippen molar-refractivity contribution in [1.29, 1.82) is 0 Å². The molecule has 5 aromatic rings. The minimum absolute atomic E-state index is 0.0150. The predicted molar refractivity (Wildman–Crippen MR) is 238 cm³/mol. The fourth-order valence-electron chi connectivity index (χ4n) is 6.70. The first-order chi connectivity index (χ1) is 29.7. The summed E-state index contributed by atoms with van der Waals surface area (Å²) in [6.45, 7) is 2.03. The number of nitrogens with zero attached hydrogens (tertiary/aromatic N) is 3. The van der Waals surface area contributed by atoms with Crippen LogP contribution in [0.5, 0.6) is 5.75 Å². The quantitative estimate of drug-likeness (QED) is 0.0770. The number of aromatic nitrogens is 1. The first kappa shape index (κ1) is 46.5. The number of carbonyl (C=O) groups is 4. The van der Waals surface area contributed by atoms with Gasteiger partial charge in [-0.3, -0.25) is 28.5 Å². The zero-order chi connectivity index (χ0) is 44.6. The number of carbonyl (C=O) groups excluding carboxylic acids is 4. The van der Waals surface area contributed by atoms with E-state index in [2.05, 4.69) is 20.9 Å². The molecule has 0 bridgehead atoms. The minimum atomic E-state index is -3.80. The Labute approximate surface area is 363 Å². The Balaban J connectivity index is 1.39. The van der Waals surface area contributed by atoms with E-state index in [9.17, 15) is 32.7 Å². The second kappa shape index (κ2) is 22.3. The first-order valence-electron chi connectivity index (χ1n) is 20.2. The van der Waals surface area contributed by atoms with E-state index in [-0.39, 0.29) is 67.4 Å². The van der Waals surface area contributed by atoms with Gasteiger partial charge in [0.15, 0.2) is 0 Å². The highest BCUT2D eigenvalue weighted by Crippen LogP contribution is 2.23. The molecule has 0 fully saturated rings. The van der Waals surface area contributed by atoms with Gasteiger partial charge in [-0.15, -0.1) is 0 Å². The molecule has 1 aromatic heterocycles. The summed E-state index contributed by atoms with van der Waals surface area (Å²) < 4.78 is 31.7. The Morgan fingerprint density at radius 1 is 0.790 bits per heavy atom. The van der Waals surface area contributed by atoms with Crippen LogP contribution in [-0.2, 0) is 39.1 Å². The van der Waals surface area contributed by atoms with Crippen LogP contribution in [0.3, 0.4) is 0 Å². The average molecular weight is 863 g/mol. The van der Waals surface area contributed by atoms with Crippen molar-refractivity contribution in [1.82, 2.24) is 25.8 Å². The van der Waals surface area contributed by atoms with E-state index >= 15 is 0 Å². The Morgan fingerprint density at radius 3 is 2.08 bits per heavy atom. The molecule has 0 saturated heterocycles. The number of nitrogens with one attached hydrogen (secondary N) is 3. The summed E-state index contributed by atoms with van der Waals surface area (Å²) in [6, 6.07) is 32.1. The van der Waals surface area contributed by atoms with E-state index < -0.39 is 40.0 Å². The molecule has 326 valence electrons. The Kier molecular flexibility index (Phi) is 16.7. The molecule has 5 rings (SSSR count). The molecule has 3 unspecified atom stereocenters. The van der Waals surface area contributed by atoms with Crippen LogP contribution in [0, 0.1) is 0 Å². The number of benzene rings is 4. The van der Waals surface area contributed by atoms with Gasteiger partial charge in [0.1, 0.15) is 5.75 Å². The zero-order valence-electron chi connectivity index (χ0n) is 35.4. The van der Waals surface area contributed by atoms with Crippen LogP contribution in [0.1, 0.15) is 75.2 Å². The number of sulfonamides is 1. The van der Waals surface area contributed by atoms with Crippen molar-refractivity contribution >= 4 is 39.3 Å². The molecule has 62 heavy (non-hydrogen) atoms. The molecule has 15 heteroatoms. The maximum Gasteiger partial charge on any atom is 0.251 e. The average Bonchev–Trinajstić information content (AvgIpc) is 3.28. The first-order valence-corrected chi connectivity index (χ1v) is 22.1. The van der Waals surface area contributed by atoms with Crippen LogP contribution >= 0.6 is 0 Å². The van der Waals surface area contributed by atoms with Crippen molar-refractivity contribution in [3.05, 3.63) is 161 Å². The van der Waals surface area contributed by atoms with Crippen molar-refractivity contribution in [2.75, 3.05) is 31.3 Å². The van der Waals surface area contributed by atoms with E-state index in [0.717, 1.165) is 32.8 Å². The molecule has 0 aliphatic carbocycles. The molecule has 0 aliphatic rings. The predicted octanol–water partition coefficient (Wildman–Crippen LogP) is 5.19. The highest BCUT2D eigenvalue weighted by Gasteiger charge is 2.28. The van der Waals surface area contributed by atoms with Gasteiger partial charge in [0.25, 0.3) is 11.8 Å². The summed E-state index contributed by atoms with van der Waals surface area (Å²) in [5.41, 5.74) is 3.34. The highest BCUT2D eigenvalue weighted by atomic mass is 32.2. The monoisotopic (exact) mass is 862 g/mol. The SMILES string of the molecule is COc1cccc(CN(CC(O)C(Cc2ccccc2)NC(=O)c2cc(C(=O)NC(C)c3ccccc3)cc(N(C)S(C)(=O)=O)c2)C(=O)CCCC(=O)NCc2cccnc2)c1. The largest absolute Gasteiger partial charge is 0.497 e. The summed E-state index contributed by atoms with van der Waals surface area (Å²) >= 11 is 0. The van der Waals surface area contributed by atoms with Gasteiger partial charge in [-0.25, -0.2) is 8.42 Å². The lowest BCUT2D eigenvalue weighted by atomic mass is 9.99. The molecular formula is C47H54N6O8S. The van der Waals surface area contributed by atoms with Crippen molar-refractivity contribution in [3.63, 3.8) is 0 Å². The van der Waals surface area contributed by atoms with Gasteiger partial charge >= 0.3 is 0 Å². The number of rotatable bonds is 21. The lowest BCUT2D eigenvalue weighted by molar-refractivity contribution is -0.133. The maximum atomic E-state index is 14.3. The Morgan fingerprint density at radius 2 is 1.44 bits per heavy atom. The van der Waals surface area contributed by atoms with Gasteiger partial charge in [0, 0.05) is 63.0 Å². The van der Waals surface area contributed by atoms with Crippen LogP contribution in [0.2, 0.25) is 0 Å². The van der Waals surface area contributed by atoms with Crippen LogP contribution in [0.4, 0.5) is 5.69 Å². The van der Waals surface area contributed by atoms with E-state index in [1.807, 2.05) is 79.7 Å². The second-order valence-electron chi connectivity index (χ2n) is 15.1. The van der Waals surface area contributed by atoms with E-state index in [0.29, 0.717) is 12.3 Å². The van der Waals surface area contributed by atoms with Gasteiger partial charge in [-0.05, 0) is 78.4 Å². The Hall–Kier alpha value is -6.58. The number of amides is 4. The van der Waals surface area contributed by atoms with Crippen LogP contribution < -0.4 is 25.0 Å². The number of methoxy groups -OCH3 is 1. The smallest absolute Gasteiger partial charge is 0.251 e. The van der Waals surface area contributed by atoms with E-state index in [1.54, 1.807) is 36.7 Å². The molecule has 4 N–H and O–H groups in total. The molecule has 3 atom stereocenters. The number of pyridine rings is 1. The maximum absolute atomic E-state index is 14.3. The third-order valence-electron chi connectivity index (χ3n) is 10.3. The van der Waals surface area contributed by atoms with Crippen molar-refractivity contribution in [3.8, 4) is 5.75 Å². The van der Waals surface area contributed by atoms with Crippen LogP contribution in [-0.4, -0.2) is 86.1 Å². The lowest BCUT2D eigenvalue weighted by Crippen LogP contribution is -2.50. The van der Waals surface area contributed by atoms with Crippen molar-refractivity contribution < 1.29 is 37.4 Å². The topological polar surface area (TPSA) is 187 Å². The normalized spacial score (nSPS) is 12.6. The fraction of sp³-hybridized carbons (Fsp3) is 0.298. The third-order valence-corrected chi connectivity index (χ3v) is 11.5. The number of hydrogen-bond donors (Lipinski definition) is 4. The number of aliphatic hydroxyl groups is 1. The third kappa shape index (κ3) is 14.0. The number of aliphatic hydroxyl groups excluding tert-OH is 1. The van der Waals surface area contributed by atoms with E-state index in [1.165, 1.54) is 37.3 Å². The summed E-state index contributed by atoms with van der Waals surface area (Å²) in [5, 5.41) is 20.7.